The van der Waals surface area contributed by atoms with Crippen LogP contribution in [0.25, 0.3) is 0 Å². The Kier molecular flexibility index (Phi) is 5.84. The molecular formula is C13H17ClO3. The lowest BCUT2D eigenvalue weighted by Gasteiger charge is -2.07. The number of hydrogen-bond acceptors (Lipinski definition) is 2. The van der Waals surface area contributed by atoms with E-state index in [1.54, 1.807) is 0 Å². The maximum atomic E-state index is 10.3. The number of carboxylic acids is 1. The molecule has 1 aromatic rings. The molecule has 0 radical (unpaired) electrons. The predicted molar refractivity (Wildman–Crippen MR) is 67.8 cm³/mol. The smallest absolute Gasteiger partial charge is 0.303 e. The van der Waals surface area contributed by atoms with Crippen LogP contribution in [-0.2, 0) is 11.2 Å². The van der Waals surface area contributed by atoms with Crippen LogP contribution in [-0.4, -0.2) is 17.7 Å². The molecule has 0 aliphatic carbocycles. The average Bonchev–Trinajstić information content (AvgIpc) is 2.28. The second kappa shape index (κ2) is 7.17. The minimum atomic E-state index is -0.741. The second-order valence-corrected chi connectivity index (χ2v) is 4.21. The monoisotopic (exact) mass is 256 g/mol. The molecule has 0 saturated carbocycles. The summed E-state index contributed by atoms with van der Waals surface area (Å²) in [4.78, 5) is 10.3. The molecule has 0 heterocycles. The Morgan fingerprint density at radius 2 is 2.18 bits per heavy atom. The van der Waals surface area contributed by atoms with Gasteiger partial charge in [0, 0.05) is 6.42 Å². The van der Waals surface area contributed by atoms with Gasteiger partial charge in [0.25, 0.3) is 0 Å². The van der Waals surface area contributed by atoms with Gasteiger partial charge in [-0.25, -0.2) is 0 Å². The summed E-state index contributed by atoms with van der Waals surface area (Å²) in [6, 6.07) is 5.71. The van der Waals surface area contributed by atoms with Crippen molar-refractivity contribution in [3.05, 3.63) is 28.8 Å². The summed E-state index contributed by atoms with van der Waals surface area (Å²) in [5.41, 5.74) is 1.11. The van der Waals surface area contributed by atoms with Crippen LogP contribution in [0.1, 0.15) is 31.7 Å². The molecule has 0 fully saturated rings. The Hall–Kier alpha value is -1.22. The predicted octanol–water partition coefficient (Wildman–Crippen LogP) is 3.54. The normalized spacial score (nSPS) is 10.2. The van der Waals surface area contributed by atoms with Gasteiger partial charge >= 0.3 is 5.97 Å². The first-order valence-corrected chi connectivity index (χ1v) is 6.14. The first kappa shape index (κ1) is 13.8. The van der Waals surface area contributed by atoms with Crippen LogP contribution in [0.2, 0.25) is 5.02 Å². The lowest BCUT2D eigenvalue weighted by atomic mass is 10.1. The van der Waals surface area contributed by atoms with Crippen LogP contribution in [0.4, 0.5) is 0 Å². The van der Waals surface area contributed by atoms with Gasteiger partial charge in [0.05, 0.1) is 11.6 Å². The lowest BCUT2D eigenvalue weighted by molar-refractivity contribution is -0.137. The molecule has 0 saturated heterocycles. The van der Waals surface area contributed by atoms with Crippen LogP contribution < -0.4 is 4.74 Å². The zero-order valence-corrected chi connectivity index (χ0v) is 10.7. The molecule has 3 nitrogen and oxygen atoms in total. The van der Waals surface area contributed by atoms with Gasteiger partial charge in [-0.05, 0) is 43.9 Å². The zero-order chi connectivity index (χ0) is 12.7. The maximum absolute atomic E-state index is 10.3. The fourth-order valence-corrected chi connectivity index (χ4v) is 1.84. The van der Waals surface area contributed by atoms with Crippen LogP contribution in [0, 0.1) is 0 Å². The fourth-order valence-electron chi connectivity index (χ4n) is 1.58. The highest BCUT2D eigenvalue weighted by Crippen LogP contribution is 2.26. The summed E-state index contributed by atoms with van der Waals surface area (Å²) in [5, 5.41) is 9.13. The summed E-state index contributed by atoms with van der Waals surface area (Å²) in [7, 11) is 0. The maximum Gasteiger partial charge on any atom is 0.303 e. The third kappa shape index (κ3) is 5.09. The average molecular weight is 257 g/mol. The van der Waals surface area contributed by atoms with Gasteiger partial charge in [0.2, 0.25) is 0 Å². The molecule has 0 aromatic heterocycles. The Labute approximate surface area is 106 Å². The molecule has 0 aliphatic rings. The molecule has 0 aliphatic heterocycles. The molecule has 0 spiro atoms. The number of halogens is 1. The number of carbonyl (C=O) groups is 1. The third-order valence-corrected chi connectivity index (χ3v) is 2.70. The van der Waals surface area contributed by atoms with Crippen molar-refractivity contribution < 1.29 is 14.6 Å². The highest BCUT2D eigenvalue weighted by Gasteiger charge is 2.03. The molecule has 0 atom stereocenters. The first-order chi connectivity index (χ1) is 8.13. The Balaban J connectivity index is 2.44. The van der Waals surface area contributed by atoms with E-state index in [0.29, 0.717) is 23.8 Å². The van der Waals surface area contributed by atoms with Gasteiger partial charge in [0.15, 0.2) is 0 Å². The van der Waals surface area contributed by atoms with Gasteiger partial charge in [-0.15, -0.1) is 0 Å². The van der Waals surface area contributed by atoms with E-state index in [0.717, 1.165) is 18.4 Å². The SMILES string of the molecule is CCOc1ccc(CCCCC(=O)O)cc1Cl. The van der Waals surface area contributed by atoms with Crippen molar-refractivity contribution in [2.75, 3.05) is 6.61 Å². The largest absolute Gasteiger partial charge is 0.492 e. The standard InChI is InChI=1S/C13H17ClO3/c1-2-17-12-8-7-10(9-11(12)14)5-3-4-6-13(15)16/h7-9H,2-6H2,1H3,(H,15,16). The number of hydrogen-bond donors (Lipinski definition) is 1. The Bertz CT molecular complexity index is 377. The van der Waals surface area contributed by atoms with Gasteiger partial charge < -0.3 is 9.84 Å². The molecular weight excluding hydrogens is 240 g/mol. The number of unbranched alkanes of at least 4 members (excludes halogenated alkanes) is 1. The van der Waals surface area contributed by atoms with Crippen LogP contribution in [0.3, 0.4) is 0 Å². The molecule has 17 heavy (non-hydrogen) atoms. The lowest BCUT2D eigenvalue weighted by Crippen LogP contribution is -1.96. The van der Waals surface area contributed by atoms with Crippen molar-refractivity contribution >= 4 is 17.6 Å². The number of aryl methyl sites for hydroxylation is 1. The molecule has 1 N–H and O–H groups in total. The number of aliphatic carboxylic acids is 1. The molecule has 0 unspecified atom stereocenters. The van der Waals surface area contributed by atoms with Gasteiger partial charge in [-0.2, -0.15) is 0 Å². The molecule has 0 bridgehead atoms. The van der Waals surface area contributed by atoms with Crippen LogP contribution >= 0.6 is 11.6 Å². The van der Waals surface area contributed by atoms with Crippen molar-refractivity contribution in [2.45, 2.75) is 32.6 Å². The zero-order valence-electron chi connectivity index (χ0n) is 9.91. The van der Waals surface area contributed by atoms with Gasteiger partial charge in [-0.3, -0.25) is 4.79 Å². The van der Waals surface area contributed by atoms with E-state index < -0.39 is 5.97 Å². The first-order valence-electron chi connectivity index (χ1n) is 5.76. The van der Waals surface area contributed by atoms with E-state index in [4.69, 9.17) is 21.4 Å². The van der Waals surface area contributed by atoms with Crippen LogP contribution in [0.15, 0.2) is 18.2 Å². The molecule has 94 valence electrons. The van der Waals surface area contributed by atoms with Crippen LogP contribution in [0.5, 0.6) is 5.75 Å². The van der Waals surface area contributed by atoms with Crippen molar-refractivity contribution in [1.29, 1.82) is 0 Å². The third-order valence-electron chi connectivity index (χ3n) is 2.40. The molecule has 1 aromatic carbocycles. The van der Waals surface area contributed by atoms with Gasteiger partial charge in [0.1, 0.15) is 5.75 Å². The van der Waals surface area contributed by atoms with Crippen molar-refractivity contribution in [1.82, 2.24) is 0 Å². The summed E-state index contributed by atoms with van der Waals surface area (Å²) in [6.45, 7) is 2.51. The number of carboxylic acid groups (broad SMARTS) is 1. The number of rotatable bonds is 7. The minimum Gasteiger partial charge on any atom is -0.492 e. The molecule has 1 rings (SSSR count). The van der Waals surface area contributed by atoms with E-state index in [-0.39, 0.29) is 6.42 Å². The van der Waals surface area contributed by atoms with Crippen molar-refractivity contribution in [3.8, 4) is 5.75 Å². The van der Waals surface area contributed by atoms with E-state index >= 15 is 0 Å². The highest BCUT2D eigenvalue weighted by molar-refractivity contribution is 6.32. The topological polar surface area (TPSA) is 46.5 Å². The van der Waals surface area contributed by atoms with Crippen molar-refractivity contribution in [3.63, 3.8) is 0 Å². The highest BCUT2D eigenvalue weighted by atomic mass is 35.5. The quantitative estimate of drug-likeness (QED) is 0.759. The van der Waals surface area contributed by atoms with Crippen molar-refractivity contribution in [2.24, 2.45) is 0 Å². The van der Waals surface area contributed by atoms with E-state index in [1.807, 2.05) is 25.1 Å². The van der Waals surface area contributed by atoms with Gasteiger partial charge in [-0.1, -0.05) is 17.7 Å². The summed E-state index contributed by atoms with van der Waals surface area (Å²) in [6.07, 6.45) is 2.63. The summed E-state index contributed by atoms with van der Waals surface area (Å²) in [5.74, 6) is -0.0434. The Morgan fingerprint density at radius 3 is 2.76 bits per heavy atom. The fraction of sp³-hybridized carbons (Fsp3) is 0.462. The summed E-state index contributed by atoms with van der Waals surface area (Å²) < 4.78 is 5.34. The minimum absolute atomic E-state index is 0.227. The number of ether oxygens (including phenoxy) is 1. The molecule has 4 heteroatoms. The van der Waals surface area contributed by atoms with E-state index in [1.165, 1.54) is 0 Å². The summed E-state index contributed by atoms with van der Waals surface area (Å²) >= 11 is 6.05. The Morgan fingerprint density at radius 1 is 1.41 bits per heavy atom. The second-order valence-electron chi connectivity index (χ2n) is 3.80. The molecule has 0 amide bonds. The van der Waals surface area contributed by atoms with E-state index in [9.17, 15) is 4.79 Å². The number of benzene rings is 1. The van der Waals surface area contributed by atoms with E-state index in [2.05, 4.69) is 0 Å².